The molecule has 0 aliphatic rings. The zero-order valence-corrected chi connectivity index (χ0v) is 62.7. The first-order valence-electron chi connectivity index (χ1n) is 38.2. The summed E-state index contributed by atoms with van der Waals surface area (Å²) in [5, 5.41) is 10.6. The van der Waals surface area contributed by atoms with Gasteiger partial charge < -0.3 is 33.8 Å². The van der Waals surface area contributed by atoms with Crippen molar-refractivity contribution in [1.82, 2.24) is 0 Å². The van der Waals surface area contributed by atoms with Crippen molar-refractivity contribution < 1.29 is 80.2 Å². The van der Waals surface area contributed by atoms with E-state index in [1.54, 1.807) is 0 Å². The summed E-state index contributed by atoms with van der Waals surface area (Å²) in [6.07, 6.45) is 53.5. The molecule has 554 valence electrons. The van der Waals surface area contributed by atoms with Crippen molar-refractivity contribution in [3.63, 3.8) is 0 Å². The van der Waals surface area contributed by atoms with Gasteiger partial charge in [-0.15, -0.1) is 0 Å². The van der Waals surface area contributed by atoms with E-state index in [-0.39, 0.29) is 25.7 Å². The third-order valence-electron chi connectivity index (χ3n) is 17.1. The first-order chi connectivity index (χ1) is 45.3. The van der Waals surface area contributed by atoms with E-state index in [0.717, 1.165) is 133 Å². The van der Waals surface area contributed by atoms with E-state index in [9.17, 15) is 43.2 Å². The molecule has 0 aliphatic heterocycles. The van der Waals surface area contributed by atoms with Gasteiger partial charge in [0.15, 0.2) is 12.2 Å². The minimum absolute atomic E-state index is 0.0987. The number of ether oxygens (including phenoxy) is 4. The molecular weight excluding hydrogens is 1230 g/mol. The summed E-state index contributed by atoms with van der Waals surface area (Å²) in [6.45, 7) is 11.8. The summed E-state index contributed by atoms with van der Waals surface area (Å²) in [7, 11) is -9.92. The van der Waals surface area contributed by atoms with Gasteiger partial charge in [-0.25, -0.2) is 9.13 Å². The second-order valence-electron chi connectivity index (χ2n) is 27.5. The lowest BCUT2D eigenvalue weighted by Gasteiger charge is -2.21. The first-order valence-corrected chi connectivity index (χ1v) is 41.2. The number of unbranched alkanes of at least 4 members (excludes halogenated alkanes) is 35. The highest BCUT2D eigenvalue weighted by Gasteiger charge is 2.30. The second-order valence-corrected chi connectivity index (χ2v) is 30.5. The highest BCUT2D eigenvalue weighted by atomic mass is 31.2. The maximum Gasteiger partial charge on any atom is 0.472 e. The van der Waals surface area contributed by atoms with E-state index in [0.29, 0.717) is 25.7 Å². The highest BCUT2D eigenvalue weighted by Crippen LogP contribution is 2.45. The van der Waals surface area contributed by atoms with E-state index in [1.807, 2.05) is 0 Å². The summed E-state index contributed by atoms with van der Waals surface area (Å²) in [4.78, 5) is 72.7. The number of allylic oxidation sites excluding steroid dienone is 4. The number of carbonyl (C=O) groups is 4. The molecule has 6 atom stereocenters. The quantitative estimate of drug-likeness (QED) is 0.0169. The summed E-state index contributed by atoms with van der Waals surface area (Å²) in [5.41, 5.74) is 0. The number of phosphoric acid groups is 2. The Balaban J connectivity index is 5.29. The fourth-order valence-corrected chi connectivity index (χ4v) is 12.4. The molecule has 0 fully saturated rings. The molecule has 0 aromatic rings. The SMILES string of the molecule is CCCCCC/C=C\C=C/CCCCCCCC(=O)OC[C@H](COP(=O)(O)OC[C@@H](O)COP(=O)(O)OC[C@@H](COC(=O)CCCCCCCCC(C)CC)OC(=O)CCCCCCCCCCCCCCCC(C)C)OC(=O)CCCCCCCCCCCCC(C)C. The summed E-state index contributed by atoms with van der Waals surface area (Å²) in [6, 6.07) is 0. The number of carbonyl (C=O) groups excluding carboxylic acids is 4. The number of hydrogen-bond acceptors (Lipinski definition) is 15. The molecule has 0 aliphatic carbocycles. The van der Waals surface area contributed by atoms with Crippen molar-refractivity contribution in [2.45, 2.75) is 375 Å². The van der Waals surface area contributed by atoms with Crippen LogP contribution in [0.1, 0.15) is 357 Å². The fourth-order valence-electron chi connectivity index (χ4n) is 10.9. The maximum absolute atomic E-state index is 13.1. The van der Waals surface area contributed by atoms with Crippen molar-refractivity contribution in [2.75, 3.05) is 39.6 Å². The largest absolute Gasteiger partial charge is 0.472 e. The van der Waals surface area contributed by atoms with Crippen molar-refractivity contribution in [3.05, 3.63) is 24.3 Å². The van der Waals surface area contributed by atoms with E-state index >= 15 is 0 Å². The fraction of sp³-hybridized carbons (Fsp3) is 0.893. The van der Waals surface area contributed by atoms with Gasteiger partial charge in [0.1, 0.15) is 19.3 Å². The number of aliphatic hydroxyl groups excluding tert-OH is 1. The van der Waals surface area contributed by atoms with Crippen molar-refractivity contribution in [2.24, 2.45) is 17.8 Å². The second kappa shape index (κ2) is 65.2. The number of esters is 4. The maximum atomic E-state index is 13.1. The number of hydrogen-bond donors (Lipinski definition) is 3. The third-order valence-corrected chi connectivity index (χ3v) is 19.0. The van der Waals surface area contributed by atoms with Crippen LogP contribution < -0.4 is 0 Å². The van der Waals surface area contributed by atoms with Crippen LogP contribution in [0.4, 0.5) is 0 Å². The van der Waals surface area contributed by atoms with Gasteiger partial charge in [0, 0.05) is 25.7 Å². The molecule has 0 spiro atoms. The van der Waals surface area contributed by atoms with Crippen molar-refractivity contribution in [3.8, 4) is 0 Å². The molecule has 17 nitrogen and oxygen atoms in total. The molecule has 3 N–H and O–H groups in total. The lowest BCUT2D eigenvalue weighted by atomic mass is 10.00. The summed E-state index contributed by atoms with van der Waals surface area (Å²) >= 11 is 0. The van der Waals surface area contributed by atoms with Crippen LogP contribution in [0.3, 0.4) is 0 Å². The van der Waals surface area contributed by atoms with Gasteiger partial charge in [-0.3, -0.25) is 37.3 Å². The molecular formula is C75H142O17P2. The summed E-state index contributed by atoms with van der Waals surface area (Å²) < 4.78 is 68.4. The van der Waals surface area contributed by atoms with E-state index in [1.165, 1.54) is 141 Å². The summed E-state index contributed by atoms with van der Waals surface area (Å²) in [5.74, 6) is 0.113. The Morgan fingerprint density at radius 1 is 0.351 bits per heavy atom. The van der Waals surface area contributed by atoms with E-state index < -0.39 is 97.5 Å². The van der Waals surface area contributed by atoms with Crippen LogP contribution in [-0.4, -0.2) is 96.7 Å². The molecule has 0 radical (unpaired) electrons. The van der Waals surface area contributed by atoms with Crippen LogP contribution in [0, 0.1) is 17.8 Å². The topological polar surface area (TPSA) is 237 Å². The molecule has 0 saturated heterocycles. The smallest absolute Gasteiger partial charge is 0.462 e. The molecule has 3 unspecified atom stereocenters. The molecule has 0 bridgehead atoms. The van der Waals surface area contributed by atoms with Crippen LogP contribution in [0.2, 0.25) is 0 Å². The minimum atomic E-state index is -4.96. The van der Waals surface area contributed by atoms with Gasteiger partial charge in [-0.05, 0) is 69.1 Å². The van der Waals surface area contributed by atoms with Gasteiger partial charge in [-0.2, -0.15) is 0 Å². The van der Waals surface area contributed by atoms with Crippen LogP contribution in [-0.2, 0) is 65.4 Å². The Morgan fingerprint density at radius 3 is 0.947 bits per heavy atom. The zero-order chi connectivity index (χ0) is 69.4. The molecule has 0 heterocycles. The Kier molecular flexibility index (Phi) is 63.5. The van der Waals surface area contributed by atoms with Crippen LogP contribution >= 0.6 is 15.6 Å². The molecule has 19 heteroatoms. The minimum Gasteiger partial charge on any atom is -0.462 e. The Labute approximate surface area is 573 Å². The Morgan fingerprint density at radius 2 is 0.628 bits per heavy atom. The predicted molar refractivity (Wildman–Crippen MR) is 381 cm³/mol. The molecule has 94 heavy (non-hydrogen) atoms. The third kappa shape index (κ3) is 66.8. The molecule has 0 amide bonds. The van der Waals surface area contributed by atoms with Gasteiger partial charge in [-0.1, -0.05) is 304 Å². The molecule has 0 aromatic heterocycles. The average molecular weight is 1380 g/mol. The Bertz CT molecular complexity index is 1930. The van der Waals surface area contributed by atoms with Gasteiger partial charge in [0.05, 0.1) is 26.4 Å². The molecule has 0 rings (SSSR count). The monoisotopic (exact) mass is 1380 g/mol. The number of phosphoric ester groups is 2. The Hall–Kier alpha value is -2.46. The van der Waals surface area contributed by atoms with Crippen LogP contribution in [0.25, 0.3) is 0 Å². The van der Waals surface area contributed by atoms with Crippen LogP contribution in [0.15, 0.2) is 24.3 Å². The predicted octanol–water partition coefficient (Wildman–Crippen LogP) is 21.3. The highest BCUT2D eigenvalue weighted by molar-refractivity contribution is 7.47. The molecule has 0 aromatic carbocycles. The lowest BCUT2D eigenvalue weighted by molar-refractivity contribution is -0.161. The number of rotatable bonds is 71. The van der Waals surface area contributed by atoms with Gasteiger partial charge in [0.25, 0.3) is 0 Å². The zero-order valence-electron chi connectivity index (χ0n) is 60.9. The van der Waals surface area contributed by atoms with Crippen molar-refractivity contribution >= 4 is 39.5 Å². The first kappa shape index (κ1) is 91.5. The van der Waals surface area contributed by atoms with E-state index in [4.69, 9.17) is 37.0 Å². The van der Waals surface area contributed by atoms with Crippen LogP contribution in [0.5, 0.6) is 0 Å². The standard InChI is InChI=1S/C75H142O17P2/c1-8-10-11-12-13-14-15-16-17-20-23-29-34-42-49-56-72(77)85-62-70(91-75(80)59-52-45-36-31-26-25-28-33-40-47-54-67(5)6)64-89-93(81,82)87-60-69(76)61-88-94(83,84)90-65-71(63-86-73(78)57-50-43-38-37-41-48-55-68(7)9-2)92-74(79)58-51-44-35-30-24-21-18-19-22-27-32-39-46-53-66(3)4/h14-17,66-71,76H,8-13,18-65H2,1-7H3,(H,81,82)(H,83,84)/b15-14-,17-16-/t68?,69-,70-,71-/m1/s1. The normalized spacial score (nSPS) is 14.6. The van der Waals surface area contributed by atoms with Crippen molar-refractivity contribution in [1.29, 1.82) is 0 Å². The van der Waals surface area contributed by atoms with Gasteiger partial charge in [0.2, 0.25) is 0 Å². The lowest BCUT2D eigenvalue weighted by Crippen LogP contribution is -2.30. The van der Waals surface area contributed by atoms with Gasteiger partial charge >= 0.3 is 39.5 Å². The van der Waals surface area contributed by atoms with E-state index in [2.05, 4.69) is 72.8 Å². The average Bonchev–Trinajstić information content (AvgIpc) is 1.41. The molecule has 0 saturated carbocycles. The number of aliphatic hydroxyl groups is 1.